The maximum atomic E-state index is 11.9. The van der Waals surface area contributed by atoms with E-state index in [0.717, 1.165) is 0 Å². The number of hydrogen-bond acceptors (Lipinski definition) is 6. The van der Waals surface area contributed by atoms with Crippen LogP contribution in [0.3, 0.4) is 0 Å². The first-order valence-electron chi connectivity index (χ1n) is 6.35. The number of nitrogens with zero attached hydrogens (tertiary/aromatic N) is 1. The van der Waals surface area contributed by atoms with E-state index in [1.165, 1.54) is 11.3 Å². The Bertz CT molecular complexity index is 503. The van der Waals surface area contributed by atoms with Gasteiger partial charge in [0, 0.05) is 11.9 Å². The Morgan fingerprint density at radius 3 is 2.95 bits per heavy atom. The number of aromatic nitrogens is 1. The molecule has 1 fully saturated rings. The van der Waals surface area contributed by atoms with Gasteiger partial charge in [0.1, 0.15) is 10.7 Å². The number of aliphatic carboxylic acids is 1. The van der Waals surface area contributed by atoms with Gasteiger partial charge in [-0.05, 0) is 19.8 Å². The summed E-state index contributed by atoms with van der Waals surface area (Å²) in [6.07, 6.45) is 0.0771. The molecule has 4 N–H and O–H groups in total. The molecule has 20 heavy (non-hydrogen) atoms. The lowest BCUT2D eigenvalue weighted by atomic mass is 10.2. The normalized spacial score (nSPS) is 23.5. The Kier molecular flexibility index (Phi) is 4.69. The first-order chi connectivity index (χ1) is 9.47. The lowest BCUT2D eigenvalue weighted by Gasteiger charge is -2.11. The SMILES string of the molecule is CC(N)c1nc(C(=O)NCC2CCC(C(=O)O)O2)cs1. The summed E-state index contributed by atoms with van der Waals surface area (Å²) in [5.41, 5.74) is 6.01. The number of nitrogens with two attached hydrogens (primary N) is 1. The van der Waals surface area contributed by atoms with Crippen LogP contribution in [0.1, 0.15) is 41.3 Å². The van der Waals surface area contributed by atoms with Crippen LogP contribution in [0.2, 0.25) is 0 Å². The summed E-state index contributed by atoms with van der Waals surface area (Å²) in [7, 11) is 0. The fraction of sp³-hybridized carbons (Fsp3) is 0.583. The zero-order valence-corrected chi connectivity index (χ0v) is 11.9. The highest BCUT2D eigenvalue weighted by Crippen LogP contribution is 2.19. The Hall–Kier alpha value is -1.51. The monoisotopic (exact) mass is 299 g/mol. The zero-order chi connectivity index (χ0) is 14.7. The van der Waals surface area contributed by atoms with Crippen molar-refractivity contribution in [2.75, 3.05) is 6.54 Å². The van der Waals surface area contributed by atoms with Gasteiger partial charge in [-0.15, -0.1) is 11.3 Å². The molecule has 0 spiro atoms. The van der Waals surface area contributed by atoms with Gasteiger partial charge in [-0.1, -0.05) is 0 Å². The van der Waals surface area contributed by atoms with Crippen LogP contribution in [0.4, 0.5) is 0 Å². The Morgan fingerprint density at radius 1 is 1.65 bits per heavy atom. The number of carboxylic acid groups (broad SMARTS) is 1. The van der Waals surface area contributed by atoms with Crippen LogP contribution >= 0.6 is 11.3 Å². The maximum Gasteiger partial charge on any atom is 0.332 e. The van der Waals surface area contributed by atoms with E-state index < -0.39 is 12.1 Å². The van der Waals surface area contributed by atoms with Gasteiger partial charge in [-0.2, -0.15) is 0 Å². The molecular weight excluding hydrogens is 282 g/mol. The number of nitrogens with one attached hydrogen (secondary N) is 1. The molecule has 1 saturated heterocycles. The van der Waals surface area contributed by atoms with E-state index in [4.69, 9.17) is 15.6 Å². The smallest absolute Gasteiger partial charge is 0.332 e. The van der Waals surface area contributed by atoms with Crippen molar-refractivity contribution in [3.05, 3.63) is 16.1 Å². The van der Waals surface area contributed by atoms with Crippen LogP contribution in [0.5, 0.6) is 0 Å². The van der Waals surface area contributed by atoms with Crippen molar-refractivity contribution in [3.63, 3.8) is 0 Å². The average Bonchev–Trinajstić information content (AvgIpc) is 3.05. The van der Waals surface area contributed by atoms with Gasteiger partial charge in [0.05, 0.1) is 12.1 Å². The van der Waals surface area contributed by atoms with Crippen molar-refractivity contribution < 1.29 is 19.4 Å². The van der Waals surface area contributed by atoms with E-state index in [2.05, 4.69) is 10.3 Å². The van der Waals surface area contributed by atoms with Crippen LogP contribution < -0.4 is 11.1 Å². The number of hydrogen-bond donors (Lipinski definition) is 3. The molecule has 3 unspecified atom stereocenters. The second-order valence-electron chi connectivity index (χ2n) is 4.73. The van der Waals surface area contributed by atoms with Crippen LogP contribution in [0.15, 0.2) is 5.38 Å². The van der Waals surface area contributed by atoms with Gasteiger partial charge < -0.3 is 20.9 Å². The van der Waals surface area contributed by atoms with Gasteiger partial charge in [0.25, 0.3) is 5.91 Å². The Balaban J connectivity index is 1.82. The van der Waals surface area contributed by atoms with Crippen LogP contribution in [0.25, 0.3) is 0 Å². The first kappa shape index (κ1) is 14.9. The number of carbonyl (C=O) groups is 2. The van der Waals surface area contributed by atoms with Gasteiger partial charge in [-0.25, -0.2) is 9.78 Å². The van der Waals surface area contributed by atoms with Gasteiger partial charge in [-0.3, -0.25) is 4.79 Å². The standard InChI is InChI=1S/C12H17N3O4S/c1-6(13)11-15-8(5-20-11)10(16)14-4-7-2-3-9(19-7)12(17)18/h5-7,9H,2-4,13H2,1H3,(H,14,16)(H,17,18). The van der Waals surface area contributed by atoms with Gasteiger partial charge in [0.15, 0.2) is 6.10 Å². The summed E-state index contributed by atoms with van der Waals surface area (Å²) in [4.78, 5) is 26.8. The number of carboxylic acids is 1. The highest BCUT2D eigenvalue weighted by Gasteiger charge is 2.30. The van der Waals surface area contributed by atoms with Crippen molar-refractivity contribution in [1.82, 2.24) is 10.3 Å². The molecule has 0 saturated carbocycles. The summed E-state index contributed by atoms with van der Waals surface area (Å²) in [5.74, 6) is -1.25. The highest BCUT2D eigenvalue weighted by molar-refractivity contribution is 7.09. The molecule has 1 aliphatic rings. The van der Waals surface area contributed by atoms with Crippen LogP contribution in [-0.4, -0.2) is 40.7 Å². The minimum absolute atomic E-state index is 0.198. The molecule has 0 bridgehead atoms. The highest BCUT2D eigenvalue weighted by atomic mass is 32.1. The van der Waals surface area contributed by atoms with Crippen LogP contribution in [-0.2, 0) is 9.53 Å². The molecule has 2 heterocycles. The lowest BCUT2D eigenvalue weighted by molar-refractivity contribution is -0.149. The molecule has 0 aliphatic carbocycles. The van der Waals surface area contributed by atoms with Crippen molar-refractivity contribution >= 4 is 23.2 Å². The van der Waals surface area contributed by atoms with Gasteiger partial charge >= 0.3 is 5.97 Å². The van der Waals surface area contributed by atoms with E-state index in [9.17, 15) is 9.59 Å². The zero-order valence-electron chi connectivity index (χ0n) is 11.0. The Morgan fingerprint density at radius 2 is 2.40 bits per heavy atom. The predicted molar refractivity (Wildman–Crippen MR) is 72.6 cm³/mol. The van der Waals surface area contributed by atoms with E-state index in [-0.39, 0.29) is 24.6 Å². The molecule has 8 heteroatoms. The summed E-state index contributed by atoms with van der Waals surface area (Å²) in [6.45, 7) is 2.09. The molecule has 1 aromatic rings. The molecule has 1 aliphatic heterocycles. The largest absolute Gasteiger partial charge is 0.479 e. The number of ether oxygens (including phenoxy) is 1. The topological polar surface area (TPSA) is 115 Å². The molecule has 1 aromatic heterocycles. The third kappa shape index (κ3) is 3.53. The molecule has 1 amide bonds. The molecule has 7 nitrogen and oxygen atoms in total. The van der Waals surface area contributed by atoms with Crippen molar-refractivity contribution in [3.8, 4) is 0 Å². The second kappa shape index (κ2) is 6.29. The van der Waals surface area contributed by atoms with Crippen LogP contribution in [0, 0.1) is 0 Å². The van der Waals surface area contributed by atoms with E-state index in [1.54, 1.807) is 12.3 Å². The summed E-state index contributed by atoms with van der Waals surface area (Å²) >= 11 is 1.34. The van der Waals surface area contributed by atoms with Gasteiger partial charge in [0.2, 0.25) is 0 Å². The quantitative estimate of drug-likeness (QED) is 0.730. The van der Waals surface area contributed by atoms with E-state index in [0.29, 0.717) is 23.5 Å². The lowest BCUT2D eigenvalue weighted by Crippen LogP contribution is -2.33. The molecule has 0 radical (unpaired) electrons. The summed E-state index contributed by atoms with van der Waals surface area (Å²) < 4.78 is 5.30. The maximum absolute atomic E-state index is 11.9. The molecular formula is C12H17N3O4S. The average molecular weight is 299 g/mol. The third-order valence-corrected chi connectivity index (χ3v) is 4.06. The second-order valence-corrected chi connectivity index (χ2v) is 5.62. The number of amides is 1. The number of carbonyl (C=O) groups excluding carboxylic acids is 1. The summed E-state index contributed by atoms with van der Waals surface area (Å²) in [6, 6.07) is -0.198. The predicted octanol–water partition coefficient (Wildman–Crippen LogP) is 0.525. The van der Waals surface area contributed by atoms with E-state index in [1.807, 2.05) is 0 Å². The van der Waals surface area contributed by atoms with Crippen molar-refractivity contribution in [1.29, 1.82) is 0 Å². The fourth-order valence-electron chi connectivity index (χ4n) is 1.94. The number of rotatable bonds is 5. The molecule has 110 valence electrons. The summed E-state index contributed by atoms with van der Waals surface area (Å²) in [5, 5.41) is 13.9. The van der Waals surface area contributed by atoms with Crippen molar-refractivity contribution in [2.45, 2.75) is 38.0 Å². The molecule has 3 atom stereocenters. The minimum Gasteiger partial charge on any atom is -0.479 e. The Labute approximate surface area is 120 Å². The minimum atomic E-state index is -0.958. The van der Waals surface area contributed by atoms with Crippen molar-refractivity contribution in [2.24, 2.45) is 5.73 Å². The third-order valence-electron chi connectivity index (χ3n) is 3.02. The molecule has 2 rings (SSSR count). The number of thiazole rings is 1. The first-order valence-corrected chi connectivity index (χ1v) is 7.22. The molecule has 0 aromatic carbocycles. The fourth-order valence-corrected chi connectivity index (χ4v) is 2.69. The van der Waals surface area contributed by atoms with E-state index >= 15 is 0 Å².